The van der Waals surface area contributed by atoms with Gasteiger partial charge in [0.25, 0.3) is 0 Å². The van der Waals surface area contributed by atoms with Gasteiger partial charge in [0.2, 0.25) is 5.91 Å². The number of amides is 1. The smallest absolute Gasteiger partial charge is 0.236 e. The van der Waals surface area contributed by atoms with Crippen molar-refractivity contribution in [2.75, 3.05) is 20.3 Å². The van der Waals surface area contributed by atoms with Crippen molar-refractivity contribution in [3.05, 3.63) is 0 Å². The molecule has 0 aliphatic carbocycles. The number of likely N-dealkylation sites (N-methyl/N-ethyl adjacent to an activating group) is 1. The van der Waals surface area contributed by atoms with Crippen molar-refractivity contribution in [1.29, 1.82) is 0 Å². The van der Waals surface area contributed by atoms with Crippen molar-refractivity contribution in [2.45, 2.75) is 26.3 Å². The summed E-state index contributed by atoms with van der Waals surface area (Å²) in [4.78, 5) is 13.8. The molecule has 1 fully saturated rings. The second-order valence-electron chi connectivity index (χ2n) is 4.54. The van der Waals surface area contributed by atoms with E-state index in [-0.39, 0.29) is 17.8 Å². The number of ether oxygens (including phenoxy) is 1. The molecule has 1 heterocycles. The van der Waals surface area contributed by atoms with Crippen molar-refractivity contribution in [3.8, 4) is 0 Å². The number of nitrogens with zero attached hydrogens (tertiary/aromatic N) is 2. The lowest BCUT2D eigenvalue weighted by molar-refractivity contribution is -0.137. The Morgan fingerprint density at radius 1 is 1.62 bits per heavy atom. The molecule has 0 aromatic carbocycles. The highest BCUT2D eigenvalue weighted by atomic mass is 16.5. The molecule has 0 aromatic heterocycles. The molecule has 3 N–H and O–H groups in total. The van der Waals surface area contributed by atoms with Crippen LogP contribution in [0, 0.1) is 5.41 Å². The van der Waals surface area contributed by atoms with Gasteiger partial charge in [-0.25, -0.2) is 0 Å². The number of oxime groups is 1. The van der Waals surface area contributed by atoms with Gasteiger partial charge in [0.05, 0.1) is 12.6 Å². The number of hydrogen-bond donors (Lipinski definition) is 2. The van der Waals surface area contributed by atoms with Crippen LogP contribution < -0.4 is 5.73 Å². The van der Waals surface area contributed by atoms with Gasteiger partial charge in [-0.3, -0.25) is 4.79 Å². The van der Waals surface area contributed by atoms with Crippen LogP contribution in [0.5, 0.6) is 0 Å². The Morgan fingerprint density at radius 2 is 2.25 bits per heavy atom. The summed E-state index contributed by atoms with van der Waals surface area (Å²) in [5.41, 5.74) is 4.52. The summed E-state index contributed by atoms with van der Waals surface area (Å²) in [5, 5.41) is 11.5. The first kappa shape index (κ1) is 12.8. The maximum absolute atomic E-state index is 12.2. The third kappa shape index (κ3) is 2.27. The molecular formula is C10H19N3O3. The zero-order chi connectivity index (χ0) is 12.3. The van der Waals surface area contributed by atoms with E-state index >= 15 is 0 Å². The zero-order valence-corrected chi connectivity index (χ0v) is 9.93. The molecule has 1 amide bonds. The average molecular weight is 229 g/mol. The monoisotopic (exact) mass is 229 g/mol. The summed E-state index contributed by atoms with van der Waals surface area (Å²) >= 11 is 0. The molecular weight excluding hydrogens is 210 g/mol. The predicted octanol–water partition coefficient (Wildman–Crippen LogP) is 0.00630. The summed E-state index contributed by atoms with van der Waals surface area (Å²) in [6, 6.07) is 0.0817. The van der Waals surface area contributed by atoms with Gasteiger partial charge in [-0.2, -0.15) is 0 Å². The highest BCUT2D eigenvalue weighted by Crippen LogP contribution is 2.22. The number of amidine groups is 1. The number of carbonyl (C=O) groups excluding carboxylic acids is 1. The van der Waals surface area contributed by atoms with E-state index in [9.17, 15) is 4.79 Å². The summed E-state index contributed by atoms with van der Waals surface area (Å²) < 4.78 is 5.22. The van der Waals surface area contributed by atoms with Gasteiger partial charge < -0.3 is 20.6 Å². The van der Waals surface area contributed by atoms with Crippen LogP contribution in [-0.4, -0.2) is 48.2 Å². The first-order chi connectivity index (χ1) is 7.41. The van der Waals surface area contributed by atoms with Gasteiger partial charge in [-0.05, 0) is 20.3 Å². The molecule has 1 atom stereocenters. The van der Waals surface area contributed by atoms with E-state index in [2.05, 4.69) is 5.16 Å². The van der Waals surface area contributed by atoms with Crippen molar-refractivity contribution >= 4 is 11.7 Å². The number of rotatable bonds is 3. The number of hydrogen-bond acceptors (Lipinski definition) is 4. The molecule has 1 aliphatic rings. The van der Waals surface area contributed by atoms with Crippen molar-refractivity contribution in [2.24, 2.45) is 16.3 Å². The summed E-state index contributed by atoms with van der Waals surface area (Å²) in [6.07, 6.45) is 0.828. The van der Waals surface area contributed by atoms with E-state index in [1.54, 1.807) is 25.8 Å². The summed E-state index contributed by atoms with van der Waals surface area (Å²) in [5.74, 6) is -0.249. The predicted molar refractivity (Wildman–Crippen MR) is 59.2 cm³/mol. The van der Waals surface area contributed by atoms with Gasteiger partial charge in [-0.15, -0.1) is 0 Å². The lowest BCUT2D eigenvalue weighted by Gasteiger charge is -2.31. The van der Waals surface area contributed by atoms with Crippen LogP contribution in [0.25, 0.3) is 0 Å². The average Bonchev–Trinajstić information content (AvgIpc) is 2.79. The normalized spacial score (nSPS) is 22.2. The highest BCUT2D eigenvalue weighted by molar-refractivity contribution is 6.05. The van der Waals surface area contributed by atoms with Crippen LogP contribution in [0.1, 0.15) is 20.3 Å². The fourth-order valence-electron chi connectivity index (χ4n) is 1.67. The van der Waals surface area contributed by atoms with Crippen LogP contribution in [0.3, 0.4) is 0 Å². The Kier molecular flexibility index (Phi) is 3.74. The molecule has 1 aliphatic heterocycles. The molecule has 1 saturated heterocycles. The number of carbonyl (C=O) groups is 1. The van der Waals surface area contributed by atoms with Gasteiger partial charge in [0.1, 0.15) is 5.41 Å². The minimum Gasteiger partial charge on any atom is -0.409 e. The fourth-order valence-corrected chi connectivity index (χ4v) is 1.67. The van der Waals surface area contributed by atoms with Crippen LogP contribution in [0.4, 0.5) is 0 Å². The van der Waals surface area contributed by atoms with Gasteiger partial charge in [-0.1, -0.05) is 5.16 Å². The van der Waals surface area contributed by atoms with Crippen molar-refractivity contribution in [1.82, 2.24) is 4.90 Å². The van der Waals surface area contributed by atoms with E-state index in [0.717, 1.165) is 6.42 Å². The molecule has 1 unspecified atom stereocenters. The fraction of sp³-hybridized carbons (Fsp3) is 0.800. The second-order valence-corrected chi connectivity index (χ2v) is 4.54. The Balaban J connectivity index is 2.76. The quantitative estimate of drug-likeness (QED) is 0.309. The maximum Gasteiger partial charge on any atom is 0.236 e. The van der Waals surface area contributed by atoms with Crippen molar-refractivity contribution in [3.63, 3.8) is 0 Å². The van der Waals surface area contributed by atoms with E-state index < -0.39 is 5.41 Å². The first-order valence-electron chi connectivity index (χ1n) is 5.24. The highest BCUT2D eigenvalue weighted by Gasteiger charge is 2.38. The first-order valence-corrected chi connectivity index (χ1v) is 5.24. The lowest BCUT2D eigenvalue weighted by atomic mass is 9.89. The van der Waals surface area contributed by atoms with E-state index in [1.807, 2.05) is 0 Å². The molecule has 0 radical (unpaired) electrons. The Morgan fingerprint density at radius 3 is 2.69 bits per heavy atom. The summed E-state index contributed by atoms with van der Waals surface area (Å²) in [7, 11) is 1.72. The largest absolute Gasteiger partial charge is 0.409 e. The Bertz CT molecular complexity index is 296. The second kappa shape index (κ2) is 4.69. The molecule has 0 bridgehead atoms. The minimum absolute atomic E-state index is 0.0803. The van der Waals surface area contributed by atoms with E-state index in [4.69, 9.17) is 15.7 Å². The SMILES string of the molecule is CN(C(=O)C(C)(C)C(N)=NO)C1CCOC1. The van der Waals surface area contributed by atoms with Crippen LogP contribution in [0.15, 0.2) is 5.16 Å². The standard InChI is InChI=1S/C10H19N3O3/c1-10(2,8(11)12-15)9(14)13(3)7-4-5-16-6-7/h7,15H,4-6H2,1-3H3,(H2,11,12). The topological polar surface area (TPSA) is 88.2 Å². The molecule has 92 valence electrons. The molecule has 0 saturated carbocycles. The molecule has 1 rings (SSSR count). The minimum atomic E-state index is -0.994. The number of nitrogens with two attached hydrogens (primary N) is 1. The van der Waals surface area contributed by atoms with Crippen molar-refractivity contribution < 1.29 is 14.7 Å². The third-order valence-corrected chi connectivity index (χ3v) is 3.06. The molecule has 0 spiro atoms. The molecule has 16 heavy (non-hydrogen) atoms. The summed E-state index contributed by atoms with van der Waals surface area (Å²) in [6.45, 7) is 4.49. The molecule has 6 heteroatoms. The maximum atomic E-state index is 12.2. The molecule has 0 aromatic rings. The van der Waals surface area contributed by atoms with E-state index in [1.165, 1.54) is 0 Å². The lowest BCUT2D eigenvalue weighted by Crippen LogP contribution is -2.50. The van der Waals surface area contributed by atoms with Gasteiger partial charge >= 0.3 is 0 Å². The third-order valence-electron chi connectivity index (χ3n) is 3.06. The zero-order valence-electron chi connectivity index (χ0n) is 9.93. The Hall–Kier alpha value is -1.30. The van der Waals surface area contributed by atoms with Crippen LogP contribution in [0.2, 0.25) is 0 Å². The van der Waals surface area contributed by atoms with Crippen LogP contribution >= 0.6 is 0 Å². The van der Waals surface area contributed by atoms with Gasteiger partial charge in [0.15, 0.2) is 5.84 Å². The van der Waals surface area contributed by atoms with Gasteiger partial charge in [0, 0.05) is 13.7 Å². The van der Waals surface area contributed by atoms with Crippen LogP contribution in [-0.2, 0) is 9.53 Å². The Labute approximate surface area is 95.0 Å². The molecule has 6 nitrogen and oxygen atoms in total. The van der Waals surface area contributed by atoms with E-state index in [0.29, 0.717) is 13.2 Å².